The third kappa shape index (κ3) is 4.45. The Morgan fingerprint density at radius 1 is 1.50 bits per heavy atom. The number of pyridine rings is 1. The Bertz CT molecular complexity index is 486. The van der Waals surface area contributed by atoms with Crippen molar-refractivity contribution < 1.29 is 18.0 Å². The van der Waals surface area contributed by atoms with Gasteiger partial charge in [0.1, 0.15) is 5.69 Å². The standard InChI is InChI=1S/C12H11F3N2O/c1-9(18)16-7-3-2-6-11-10(12(13,14)15)5-4-8-17-11/h4-5,8H,3,7H2,1H3,(H,16,18). The Morgan fingerprint density at radius 3 is 2.83 bits per heavy atom. The van der Waals surface area contributed by atoms with E-state index < -0.39 is 11.7 Å². The van der Waals surface area contributed by atoms with E-state index >= 15 is 0 Å². The molecule has 0 atom stereocenters. The molecule has 1 aromatic heterocycles. The van der Waals surface area contributed by atoms with Crippen molar-refractivity contribution in [3.63, 3.8) is 0 Å². The Hall–Kier alpha value is -2.03. The molecule has 0 aliphatic rings. The van der Waals surface area contributed by atoms with Gasteiger partial charge in [0.15, 0.2) is 0 Å². The molecule has 1 heterocycles. The molecular weight excluding hydrogens is 245 g/mol. The summed E-state index contributed by atoms with van der Waals surface area (Å²) in [6.45, 7) is 1.66. The van der Waals surface area contributed by atoms with Gasteiger partial charge in [0.2, 0.25) is 5.91 Å². The number of nitrogens with one attached hydrogen (secondary N) is 1. The molecule has 0 bridgehead atoms. The van der Waals surface area contributed by atoms with Gasteiger partial charge in [0.05, 0.1) is 5.56 Å². The van der Waals surface area contributed by atoms with Crippen molar-refractivity contribution in [1.82, 2.24) is 10.3 Å². The van der Waals surface area contributed by atoms with E-state index in [0.29, 0.717) is 6.54 Å². The second kappa shape index (κ2) is 6.05. The first-order chi connectivity index (χ1) is 8.41. The molecule has 0 aromatic carbocycles. The lowest BCUT2D eigenvalue weighted by molar-refractivity contribution is -0.138. The molecular formula is C12H11F3N2O. The lowest BCUT2D eigenvalue weighted by Crippen LogP contribution is -2.20. The second-order valence-electron chi connectivity index (χ2n) is 3.43. The van der Waals surface area contributed by atoms with Crippen molar-refractivity contribution in [2.45, 2.75) is 19.5 Å². The van der Waals surface area contributed by atoms with Crippen LogP contribution in [0.5, 0.6) is 0 Å². The highest BCUT2D eigenvalue weighted by Crippen LogP contribution is 2.30. The van der Waals surface area contributed by atoms with Crippen molar-refractivity contribution in [2.75, 3.05) is 6.54 Å². The van der Waals surface area contributed by atoms with E-state index in [1.807, 2.05) is 0 Å². The molecule has 0 aliphatic carbocycles. The number of hydrogen-bond acceptors (Lipinski definition) is 2. The number of carbonyl (C=O) groups excluding carboxylic acids is 1. The topological polar surface area (TPSA) is 42.0 Å². The molecule has 0 radical (unpaired) electrons. The summed E-state index contributed by atoms with van der Waals surface area (Å²) in [5.41, 5.74) is -1.15. The number of carbonyl (C=O) groups is 1. The van der Waals surface area contributed by atoms with Crippen LogP contribution in [0.2, 0.25) is 0 Å². The Kier molecular flexibility index (Phi) is 4.72. The average molecular weight is 256 g/mol. The maximum Gasteiger partial charge on any atom is 0.419 e. The number of aromatic nitrogens is 1. The average Bonchev–Trinajstić information content (AvgIpc) is 2.27. The number of nitrogens with zero attached hydrogens (tertiary/aromatic N) is 1. The second-order valence-corrected chi connectivity index (χ2v) is 3.43. The summed E-state index contributed by atoms with van der Waals surface area (Å²) < 4.78 is 37.7. The number of alkyl halides is 3. The van der Waals surface area contributed by atoms with Gasteiger partial charge in [0.25, 0.3) is 0 Å². The van der Waals surface area contributed by atoms with Gasteiger partial charge in [-0.3, -0.25) is 4.79 Å². The summed E-state index contributed by atoms with van der Waals surface area (Å²) in [6, 6.07) is 2.15. The summed E-state index contributed by atoms with van der Waals surface area (Å²) in [6.07, 6.45) is -2.93. The molecule has 0 saturated heterocycles. The highest BCUT2D eigenvalue weighted by Gasteiger charge is 2.33. The van der Waals surface area contributed by atoms with Gasteiger partial charge in [-0.25, -0.2) is 4.98 Å². The number of hydrogen-bond donors (Lipinski definition) is 1. The van der Waals surface area contributed by atoms with Crippen molar-refractivity contribution in [1.29, 1.82) is 0 Å². The fraction of sp³-hybridized carbons (Fsp3) is 0.333. The van der Waals surface area contributed by atoms with Gasteiger partial charge < -0.3 is 5.32 Å². The normalized spacial score (nSPS) is 10.4. The molecule has 3 nitrogen and oxygen atoms in total. The van der Waals surface area contributed by atoms with Crippen LogP contribution in [0.25, 0.3) is 0 Å². The van der Waals surface area contributed by atoms with Crippen molar-refractivity contribution >= 4 is 5.91 Å². The zero-order chi connectivity index (χ0) is 13.6. The van der Waals surface area contributed by atoms with Gasteiger partial charge in [0, 0.05) is 26.1 Å². The van der Waals surface area contributed by atoms with Crippen LogP contribution < -0.4 is 5.32 Å². The smallest absolute Gasteiger partial charge is 0.355 e. The molecule has 1 rings (SSSR count). The molecule has 0 aliphatic heterocycles. The molecule has 1 aromatic rings. The third-order valence-corrected chi connectivity index (χ3v) is 1.94. The highest BCUT2D eigenvalue weighted by atomic mass is 19.4. The molecule has 1 amide bonds. The maximum atomic E-state index is 12.6. The summed E-state index contributed by atoms with van der Waals surface area (Å²) >= 11 is 0. The van der Waals surface area contributed by atoms with E-state index in [9.17, 15) is 18.0 Å². The zero-order valence-electron chi connectivity index (χ0n) is 9.64. The lowest BCUT2D eigenvalue weighted by Gasteiger charge is -2.07. The minimum absolute atomic E-state index is 0.203. The monoisotopic (exact) mass is 256 g/mol. The van der Waals surface area contributed by atoms with Crippen LogP contribution in [0.15, 0.2) is 18.3 Å². The van der Waals surface area contributed by atoms with Crippen LogP contribution in [0.4, 0.5) is 13.2 Å². The molecule has 0 fully saturated rings. The van der Waals surface area contributed by atoms with Gasteiger partial charge >= 0.3 is 6.18 Å². The largest absolute Gasteiger partial charge is 0.419 e. The number of amides is 1. The third-order valence-electron chi connectivity index (χ3n) is 1.94. The SMILES string of the molecule is CC(=O)NCCC#Cc1ncccc1C(F)(F)F. The Morgan fingerprint density at radius 2 is 2.22 bits per heavy atom. The molecule has 0 spiro atoms. The van der Waals surface area contributed by atoms with E-state index in [0.717, 1.165) is 6.07 Å². The molecule has 0 saturated carbocycles. The first-order valence-corrected chi connectivity index (χ1v) is 5.17. The fourth-order valence-corrected chi connectivity index (χ4v) is 1.18. The van der Waals surface area contributed by atoms with Crippen molar-refractivity contribution in [3.05, 3.63) is 29.6 Å². The quantitative estimate of drug-likeness (QED) is 0.649. The molecule has 0 unspecified atom stereocenters. The van der Waals surface area contributed by atoms with Gasteiger partial charge in [-0.1, -0.05) is 5.92 Å². The first-order valence-electron chi connectivity index (χ1n) is 5.17. The van der Waals surface area contributed by atoms with Gasteiger partial charge in [-0.05, 0) is 18.1 Å². The maximum absolute atomic E-state index is 12.6. The van der Waals surface area contributed by atoms with Crippen LogP contribution in [0.3, 0.4) is 0 Å². The zero-order valence-corrected chi connectivity index (χ0v) is 9.64. The molecule has 96 valence electrons. The summed E-state index contributed by atoms with van der Waals surface area (Å²) in [7, 11) is 0. The van der Waals surface area contributed by atoms with Crippen LogP contribution in [-0.4, -0.2) is 17.4 Å². The van der Waals surface area contributed by atoms with Crippen molar-refractivity contribution in [2.24, 2.45) is 0 Å². The fourth-order valence-electron chi connectivity index (χ4n) is 1.18. The van der Waals surface area contributed by atoms with Crippen LogP contribution >= 0.6 is 0 Å². The van der Waals surface area contributed by atoms with E-state index in [1.165, 1.54) is 19.2 Å². The molecule has 6 heteroatoms. The Balaban J connectivity index is 2.73. The van der Waals surface area contributed by atoms with E-state index in [1.54, 1.807) is 0 Å². The minimum Gasteiger partial charge on any atom is -0.355 e. The predicted molar refractivity (Wildman–Crippen MR) is 59.4 cm³/mol. The van der Waals surface area contributed by atoms with Crippen LogP contribution in [-0.2, 0) is 11.0 Å². The highest BCUT2D eigenvalue weighted by molar-refractivity contribution is 5.72. The van der Waals surface area contributed by atoms with Crippen LogP contribution in [0.1, 0.15) is 24.6 Å². The lowest BCUT2D eigenvalue weighted by atomic mass is 10.2. The Labute approximate surface area is 102 Å². The summed E-state index contributed by atoms with van der Waals surface area (Å²) in [5, 5.41) is 2.49. The summed E-state index contributed by atoms with van der Waals surface area (Å²) in [4.78, 5) is 14.1. The predicted octanol–water partition coefficient (Wildman–Crippen LogP) is 1.98. The summed E-state index contributed by atoms with van der Waals surface area (Å²) in [5.74, 6) is 4.70. The number of halogens is 3. The number of rotatable bonds is 2. The minimum atomic E-state index is -4.46. The molecule has 18 heavy (non-hydrogen) atoms. The van der Waals surface area contributed by atoms with Gasteiger partial charge in [-0.15, -0.1) is 0 Å². The molecule has 1 N–H and O–H groups in total. The van der Waals surface area contributed by atoms with Gasteiger partial charge in [-0.2, -0.15) is 13.2 Å². The van der Waals surface area contributed by atoms with Crippen LogP contribution in [0, 0.1) is 11.8 Å². The first kappa shape index (κ1) is 14.0. The van der Waals surface area contributed by atoms with E-state index in [4.69, 9.17) is 0 Å². The van der Waals surface area contributed by atoms with Crippen molar-refractivity contribution in [3.8, 4) is 11.8 Å². The van der Waals surface area contributed by atoms with E-state index in [-0.39, 0.29) is 18.0 Å². The van der Waals surface area contributed by atoms with E-state index in [2.05, 4.69) is 22.1 Å².